The van der Waals surface area contributed by atoms with Gasteiger partial charge in [-0.2, -0.15) is 0 Å². The van der Waals surface area contributed by atoms with Crippen LogP contribution in [0.1, 0.15) is 43.4 Å². The van der Waals surface area contributed by atoms with Gasteiger partial charge < -0.3 is 25.8 Å². The van der Waals surface area contributed by atoms with Crippen LogP contribution in [0.4, 0.5) is 10.1 Å². The highest BCUT2D eigenvalue weighted by Crippen LogP contribution is 2.39. The first-order valence-corrected chi connectivity index (χ1v) is 14.0. The number of para-hydroxylation sites is 1. The minimum absolute atomic E-state index is 0.0927. The number of hydrogen-bond acceptors (Lipinski definition) is 6. The molecule has 0 bridgehead atoms. The standard InChI is InChI=1S/C30H37FN4O6/c1-3-18(2)26(34-25(37)17-41-13-12-31)29(39)33-23-11-10-20-7-5-8-21-15-24(35(27(20)21)30(23)40)28(38)32-16-19-6-4-9-22(36)14-19/h4-9,14,18,23-24,26,36H,3,10-13,15-17H2,1-2H3,(H,32,38)(H,33,39)(H,34,37)/t18-,23-,24-,26-/m0/s1. The summed E-state index contributed by atoms with van der Waals surface area (Å²) in [5.74, 6) is -1.94. The summed E-state index contributed by atoms with van der Waals surface area (Å²) < 4.78 is 17.3. The van der Waals surface area contributed by atoms with Crippen molar-refractivity contribution in [2.75, 3.05) is 24.8 Å². The number of benzene rings is 2. The largest absolute Gasteiger partial charge is 0.508 e. The van der Waals surface area contributed by atoms with E-state index in [0.29, 0.717) is 31.4 Å². The summed E-state index contributed by atoms with van der Waals surface area (Å²) in [5.41, 5.74) is 3.24. The monoisotopic (exact) mass is 568 g/mol. The topological polar surface area (TPSA) is 137 Å². The van der Waals surface area contributed by atoms with Crippen molar-refractivity contribution in [1.82, 2.24) is 16.0 Å². The lowest BCUT2D eigenvalue weighted by atomic mass is 9.97. The molecular weight excluding hydrogens is 531 g/mol. The van der Waals surface area contributed by atoms with E-state index in [-0.39, 0.29) is 43.2 Å². The molecule has 2 aromatic rings. The maximum atomic E-state index is 14.0. The number of nitrogens with zero attached hydrogens (tertiary/aromatic N) is 1. The molecule has 2 aliphatic rings. The first-order valence-electron chi connectivity index (χ1n) is 14.0. The Morgan fingerprint density at radius 1 is 1.17 bits per heavy atom. The molecule has 2 heterocycles. The first-order chi connectivity index (χ1) is 19.7. The maximum absolute atomic E-state index is 14.0. The quantitative estimate of drug-likeness (QED) is 0.289. The number of anilines is 1. The highest BCUT2D eigenvalue weighted by Gasteiger charge is 2.44. The predicted octanol–water partition coefficient (Wildman–Crippen LogP) is 1.91. The van der Waals surface area contributed by atoms with Gasteiger partial charge >= 0.3 is 0 Å². The number of nitrogens with one attached hydrogen (secondary N) is 3. The van der Waals surface area contributed by atoms with Gasteiger partial charge in [0.05, 0.1) is 12.3 Å². The second kappa shape index (κ2) is 13.6. The van der Waals surface area contributed by atoms with Crippen molar-refractivity contribution in [3.05, 3.63) is 59.2 Å². The molecule has 0 radical (unpaired) electrons. The summed E-state index contributed by atoms with van der Waals surface area (Å²) in [6.07, 6.45) is 1.78. The van der Waals surface area contributed by atoms with Crippen LogP contribution in [0.5, 0.6) is 5.75 Å². The summed E-state index contributed by atoms with van der Waals surface area (Å²) in [6.45, 7) is 2.57. The Labute approximate surface area is 238 Å². The Morgan fingerprint density at radius 3 is 2.66 bits per heavy atom. The van der Waals surface area contributed by atoms with Crippen molar-refractivity contribution in [3.63, 3.8) is 0 Å². The number of amides is 4. The number of phenolic OH excluding ortho intramolecular Hbond substituents is 1. The first kappa shape index (κ1) is 30.0. The van der Waals surface area contributed by atoms with E-state index in [4.69, 9.17) is 4.74 Å². The zero-order valence-corrected chi connectivity index (χ0v) is 23.3. The number of ether oxygens (including phenoxy) is 1. The van der Waals surface area contributed by atoms with E-state index in [0.717, 1.165) is 16.7 Å². The minimum atomic E-state index is -0.921. The van der Waals surface area contributed by atoms with Crippen molar-refractivity contribution < 1.29 is 33.4 Å². The average Bonchev–Trinajstić information content (AvgIpc) is 3.30. The molecule has 0 saturated heterocycles. The SMILES string of the molecule is CC[C@H](C)[C@H](NC(=O)COCCF)C(=O)N[C@H]1CCc2cccc3c2N(C1=O)[C@H](C(=O)NCc1cccc(O)c1)C3. The number of halogens is 1. The highest BCUT2D eigenvalue weighted by atomic mass is 19.1. The molecule has 11 heteroatoms. The average molecular weight is 569 g/mol. The lowest BCUT2D eigenvalue weighted by Crippen LogP contribution is -2.58. The molecule has 0 aromatic heterocycles. The van der Waals surface area contributed by atoms with Crippen LogP contribution in [0.3, 0.4) is 0 Å². The number of aromatic hydroxyl groups is 1. The fraction of sp³-hybridized carbons (Fsp3) is 0.467. The van der Waals surface area contributed by atoms with Gasteiger partial charge in [-0.05, 0) is 47.6 Å². The van der Waals surface area contributed by atoms with Crippen molar-refractivity contribution in [3.8, 4) is 5.75 Å². The van der Waals surface area contributed by atoms with Crippen LogP contribution < -0.4 is 20.9 Å². The predicted molar refractivity (Wildman–Crippen MR) is 150 cm³/mol. The van der Waals surface area contributed by atoms with Crippen molar-refractivity contribution in [2.45, 2.75) is 64.2 Å². The summed E-state index contributed by atoms with van der Waals surface area (Å²) in [7, 11) is 0. The van der Waals surface area contributed by atoms with Gasteiger partial charge in [0.15, 0.2) is 0 Å². The van der Waals surface area contributed by atoms with Crippen LogP contribution in [0, 0.1) is 5.92 Å². The summed E-state index contributed by atoms with van der Waals surface area (Å²) in [4.78, 5) is 54.6. The van der Waals surface area contributed by atoms with E-state index in [9.17, 15) is 28.7 Å². The Bertz CT molecular complexity index is 1290. The number of hydrogen-bond donors (Lipinski definition) is 4. The van der Waals surface area contributed by atoms with Crippen LogP contribution >= 0.6 is 0 Å². The maximum Gasteiger partial charge on any atom is 0.250 e. The second-order valence-electron chi connectivity index (χ2n) is 10.5. The zero-order chi connectivity index (χ0) is 29.5. The molecule has 4 amide bonds. The van der Waals surface area contributed by atoms with Crippen molar-refractivity contribution in [1.29, 1.82) is 0 Å². The highest BCUT2D eigenvalue weighted by molar-refractivity contribution is 6.08. The molecule has 4 N–H and O–H groups in total. The van der Waals surface area contributed by atoms with Crippen LogP contribution in [0.25, 0.3) is 0 Å². The van der Waals surface area contributed by atoms with Crippen molar-refractivity contribution in [2.24, 2.45) is 5.92 Å². The van der Waals surface area contributed by atoms with Gasteiger partial charge in [0.1, 0.15) is 37.2 Å². The molecule has 220 valence electrons. The second-order valence-corrected chi connectivity index (χ2v) is 10.5. The van der Waals surface area contributed by atoms with Crippen LogP contribution in [0.15, 0.2) is 42.5 Å². The smallest absolute Gasteiger partial charge is 0.250 e. The fourth-order valence-electron chi connectivity index (χ4n) is 5.35. The Hall–Kier alpha value is -3.99. The molecular formula is C30H37FN4O6. The number of carbonyl (C=O) groups is 4. The molecule has 2 aliphatic heterocycles. The number of aryl methyl sites for hydroxylation is 1. The summed E-state index contributed by atoms with van der Waals surface area (Å²) >= 11 is 0. The fourth-order valence-corrected chi connectivity index (χ4v) is 5.35. The van der Waals surface area contributed by atoms with Gasteiger partial charge in [0.25, 0.3) is 0 Å². The van der Waals surface area contributed by atoms with E-state index >= 15 is 0 Å². The van der Waals surface area contributed by atoms with Gasteiger partial charge in [-0.1, -0.05) is 50.6 Å². The number of carbonyl (C=O) groups excluding carboxylic acids is 4. The van der Waals surface area contributed by atoms with E-state index in [2.05, 4.69) is 16.0 Å². The third-order valence-electron chi connectivity index (χ3n) is 7.67. The molecule has 41 heavy (non-hydrogen) atoms. The van der Waals surface area contributed by atoms with E-state index in [1.54, 1.807) is 24.3 Å². The molecule has 0 saturated carbocycles. The van der Waals surface area contributed by atoms with Crippen LogP contribution in [0.2, 0.25) is 0 Å². The number of rotatable bonds is 12. The summed E-state index contributed by atoms with van der Waals surface area (Å²) in [5, 5.41) is 18.1. The molecule has 0 spiro atoms. The van der Waals surface area contributed by atoms with Crippen LogP contribution in [-0.4, -0.2) is 66.7 Å². The molecule has 2 aromatic carbocycles. The van der Waals surface area contributed by atoms with E-state index in [1.165, 1.54) is 4.90 Å². The zero-order valence-electron chi connectivity index (χ0n) is 23.3. The lowest BCUT2D eigenvalue weighted by molar-refractivity contribution is -0.134. The van der Waals surface area contributed by atoms with Gasteiger partial charge in [-0.3, -0.25) is 24.1 Å². The van der Waals surface area contributed by atoms with Crippen LogP contribution in [-0.2, 0) is 43.3 Å². The van der Waals surface area contributed by atoms with Crippen molar-refractivity contribution >= 4 is 29.3 Å². The number of alkyl halides is 1. The Kier molecular flexibility index (Phi) is 9.93. The van der Waals surface area contributed by atoms with Gasteiger partial charge in [0.2, 0.25) is 23.6 Å². The molecule has 0 aliphatic carbocycles. The molecule has 4 rings (SSSR count). The van der Waals surface area contributed by atoms with Gasteiger partial charge in [-0.25, -0.2) is 4.39 Å². The van der Waals surface area contributed by atoms with E-state index < -0.39 is 36.6 Å². The van der Waals surface area contributed by atoms with E-state index in [1.807, 2.05) is 32.0 Å². The normalized spacial score (nSPS) is 19.1. The third kappa shape index (κ3) is 7.02. The third-order valence-corrected chi connectivity index (χ3v) is 7.67. The van der Waals surface area contributed by atoms with Gasteiger partial charge in [-0.15, -0.1) is 0 Å². The minimum Gasteiger partial charge on any atom is -0.508 e. The molecule has 4 atom stereocenters. The molecule has 0 unspecified atom stereocenters. The molecule has 0 fully saturated rings. The number of phenols is 1. The van der Waals surface area contributed by atoms with Gasteiger partial charge in [0, 0.05) is 13.0 Å². The Balaban J connectivity index is 1.51. The molecule has 10 nitrogen and oxygen atoms in total. The summed E-state index contributed by atoms with van der Waals surface area (Å²) in [6, 6.07) is 9.68. The Morgan fingerprint density at radius 2 is 1.93 bits per heavy atom. The lowest BCUT2D eigenvalue weighted by Gasteiger charge is -2.30.